The Morgan fingerprint density at radius 1 is 1.43 bits per heavy atom. The van der Waals surface area contributed by atoms with Crippen molar-refractivity contribution in [3.63, 3.8) is 0 Å². The van der Waals surface area contributed by atoms with Crippen LogP contribution in [0.1, 0.15) is 18.1 Å². The molecule has 0 radical (unpaired) electrons. The summed E-state index contributed by atoms with van der Waals surface area (Å²) in [6.45, 7) is 3.05. The van der Waals surface area contributed by atoms with E-state index in [9.17, 15) is 23.1 Å². The number of rotatable bonds is 2. The van der Waals surface area contributed by atoms with Crippen molar-refractivity contribution >= 4 is 12.0 Å². The van der Waals surface area contributed by atoms with Crippen LogP contribution < -0.4 is 4.74 Å². The van der Waals surface area contributed by atoms with Crippen LogP contribution in [-0.2, 0) is 9.53 Å². The number of halogens is 3. The van der Waals surface area contributed by atoms with Crippen LogP contribution in [0, 0.1) is 6.92 Å². The number of benzene rings is 1. The van der Waals surface area contributed by atoms with Crippen LogP contribution in [0.15, 0.2) is 17.7 Å². The second-order valence-corrected chi connectivity index (χ2v) is 4.54. The number of ether oxygens (including phenoxy) is 2. The van der Waals surface area contributed by atoms with E-state index in [1.165, 1.54) is 13.0 Å². The maximum atomic E-state index is 13.0. The zero-order valence-electron chi connectivity index (χ0n) is 11.3. The fourth-order valence-corrected chi connectivity index (χ4v) is 1.97. The molecule has 1 aliphatic heterocycles. The summed E-state index contributed by atoms with van der Waals surface area (Å²) < 4.78 is 48.6. The van der Waals surface area contributed by atoms with Crippen molar-refractivity contribution in [2.75, 3.05) is 6.61 Å². The summed E-state index contributed by atoms with van der Waals surface area (Å²) in [5, 5.41) is 9.55. The van der Waals surface area contributed by atoms with Gasteiger partial charge in [0.25, 0.3) is 0 Å². The van der Waals surface area contributed by atoms with Gasteiger partial charge in [0.2, 0.25) is 6.10 Å². The smallest absolute Gasteiger partial charge is 0.430 e. The first kappa shape index (κ1) is 15.2. The van der Waals surface area contributed by atoms with Crippen LogP contribution in [0.4, 0.5) is 13.2 Å². The second-order valence-electron chi connectivity index (χ2n) is 4.54. The van der Waals surface area contributed by atoms with Gasteiger partial charge in [-0.05, 0) is 31.6 Å². The predicted octanol–water partition coefficient (Wildman–Crippen LogP) is 2.97. The Morgan fingerprint density at radius 2 is 2.10 bits per heavy atom. The van der Waals surface area contributed by atoms with Crippen LogP contribution in [0.3, 0.4) is 0 Å². The van der Waals surface area contributed by atoms with Crippen molar-refractivity contribution in [2.24, 2.45) is 0 Å². The van der Waals surface area contributed by atoms with E-state index < -0.39 is 23.8 Å². The number of carbonyl (C=O) groups is 1. The summed E-state index contributed by atoms with van der Waals surface area (Å²) >= 11 is 0. The molecule has 4 nitrogen and oxygen atoms in total. The topological polar surface area (TPSA) is 55.8 Å². The number of phenols is 1. The summed E-state index contributed by atoms with van der Waals surface area (Å²) in [5.74, 6) is -1.38. The highest BCUT2D eigenvalue weighted by molar-refractivity contribution is 5.96. The number of aromatic hydroxyl groups is 1. The highest BCUT2D eigenvalue weighted by atomic mass is 19.4. The molecule has 0 bridgehead atoms. The molecule has 0 amide bonds. The first-order valence-electron chi connectivity index (χ1n) is 6.19. The van der Waals surface area contributed by atoms with Gasteiger partial charge in [-0.15, -0.1) is 0 Å². The van der Waals surface area contributed by atoms with Gasteiger partial charge in [0.15, 0.2) is 0 Å². The molecule has 1 aliphatic rings. The molecule has 1 atom stereocenters. The minimum absolute atomic E-state index is 0.0395. The number of hydrogen-bond acceptors (Lipinski definition) is 4. The van der Waals surface area contributed by atoms with Crippen LogP contribution in [0.5, 0.6) is 11.5 Å². The zero-order chi connectivity index (χ0) is 15.8. The van der Waals surface area contributed by atoms with E-state index in [0.717, 1.165) is 12.1 Å². The largest absolute Gasteiger partial charge is 0.508 e. The number of aryl methyl sites for hydroxylation is 1. The Hall–Kier alpha value is -2.18. The molecule has 0 saturated carbocycles. The minimum Gasteiger partial charge on any atom is -0.508 e. The molecule has 1 aromatic rings. The standard InChI is InChI=1S/C14H13F3O4/c1-3-20-13(19)9-5-8-4-7(2)10(18)6-11(8)21-12(9)14(15,16)17/h4-6,12,18H,3H2,1-2H3. The predicted molar refractivity (Wildman–Crippen MR) is 67.9 cm³/mol. The van der Waals surface area contributed by atoms with E-state index >= 15 is 0 Å². The van der Waals surface area contributed by atoms with E-state index in [-0.39, 0.29) is 23.7 Å². The average Bonchev–Trinajstić information content (AvgIpc) is 2.38. The van der Waals surface area contributed by atoms with Gasteiger partial charge in [-0.2, -0.15) is 13.2 Å². The molecular weight excluding hydrogens is 289 g/mol. The fourth-order valence-electron chi connectivity index (χ4n) is 1.97. The Balaban J connectivity index is 2.52. The fraction of sp³-hybridized carbons (Fsp3) is 0.357. The van der Waals surface area contributed by atoms with Crippen molar-refractivity contribution in [2.45, 2.75) is 26.1 Å². The van der Waals surface area contributed by atoms with Gasteiger partial charge < -0.3 is 14.6 Å². The van der Waals surface area contributed by atoms with E-state index in [2.05, 4.69) is 4.74 Å². The molecule has 2 rings (SSSR count). The Morgan fingerprint density at radius 3 is 2.67 bits per heavy atom. The molecular formula is C14H13F3O4. The van der Waals surface area contributed by atoms with Crippen LogP contribution >= 0.6 is 0 Å². The van der Waals surface area contributed by atoms with E-state index in [0.29, 0.717) is 5.56 Å². The normalized spacial score (nSPS) is 17.6. The SMILES string of the molecule is CCOC(=O)C1=Cc2cc(C)c(O)cc2OC1C(F)(F)F. The Labute approximate surface area is 118 Å². The minimum atomic E-state index is -4.77. The number of esters is 1. The highest BCUT2D eigenvalue weighted by Crippen LogP contribution is 2.39. The molecule has 0 spiro atoms. The van der Waals surface area contributed by atoms with Gasteiger partial charge in [0, 0.05) is 11.6 Å². The Bertz CT molecular complexity index is 605. The summed E-state index contributed by atoms with van der Waals surface area (Å²) in [5.41, 5.74) is 0.137. The molecule has 0 aromatic heterocycles. The van der Waals surface area contributed by atoms with E-state index in [4.69, 9.17) is 4.74 Å². The van der Waals surface area contributed by atoms with Gasteiger partial charge in [-0.3, -0.25) is 0 Å². The van der Waals surface area contributed by atoms with Crippen molar-refractivity contribution < 1.29 is 32.5 Å². The second kappa shape index (κ2) is 5.31. The third kappa shape index (κ3) is 2.96. The lowest BCUT2D eigenvalue weighted by molar-refractivity contribution is -0.187. The lowest BCUT2D eigenvalue weighted by Crippen LogP contribution is -2.40. The maximum Gasteiger partial charge on any atom is 0.430 e. The molecule has 0 saturated heterocycles. The molecule has 114 valence electrons. The molecule has 1 unspecified atom stereocenters. The maximum absolute atomic E-state index is 13.0. The van der Waals surface area contributed by atoms with Gasteiger partial charge in [-0.25, -0.2) is 4.79 Å². The molecule has 0 fully saturated rings. The van der Waals surface area contributed by atoms with Crippen molar-refractivity contribution in [3.8, 4) is 11.5 Å². The highest BCUT2D eigenvalue weighted by Gasteiger charge is 2.48. The molecule has 1 heterocycles. The summed E-state index contributed by atoms with van der Waals surface area (Å²) in [7, 11) is 0. The summed E-state index contributed by atoms with van der Waals surface area (Å²) in [6.07, 6.45) is -6.09. The lowest BCUT2D eigenvalue weighted by Gasteiger charge is -2.28. The van der Waals surface area contributed by atoms with Crippen molar-refractivity contribution in [1.29, 1.82) is 0 Å². The quantitative estimate of drug-likeness (QED) is 0.853. The van der Waals surface area contributed by atoms with Crippen LogP contribution in [0.2, 0.25) is 0 Å². The number of phenolic OH excluding ortho intramolecular Hbond substituents is 1. The van der Waals surface area contributed by atoms with Gasteiger partial charge >= 0.3 is 12.1 Å². The number of carbonyl (C=O) groups excluding carboxylic acids is 1. The number of hydrogen-bond donors (Lipinski definition) is 1. The number of alkyl halides is 3. The third-order valence-corrected chi connectivity index (χ3v) is 2.98. The Kier molecular flexibility index (Phi) is 3.85. The monoisotopic (exact) mass is 302 g/mol. The lowest BCUT2D eigenvalue weighted by atomic mass is 9.99. The molecule has 21 heavy (non-hydrogen) atoms. The van der Waals surface area contributed by atoms with Crippen molar-refractivity contribution in [1.82, 2.24) is 0 Å². The molecule has 1 aromatic carbocycles. The van der Waals surface area contributed by atoms with Crippen molar-refractivity contribution in [3.05, 3.63) is 28.8 Å². The molecule has 0 aliphatic carbocycles. The zero-order valence-corrected chi connectivity index (χ0v) is 11.3. The third-order valence-electron chi connectivity index (χ3n) is 2.98. The molecule has 7 heteroatoms. The van der Waals surface area contributed by atoms with E-state index in [1.807, 2.05) is 0 Å². The van der Waals surface area contributed by atoms with E-state index in [1.54, 1.807) is 6.92 Å². The molecule has 1 N–H and O–H groups in total. The first-order valence-corrected chi connectivity index (χ1v) is 6.19. The van der Waals surface area contributed by atoms with Gasteiger partial charge in [0.1, 0.15) is 11.5 Å². The summed E-state index contributed by atoms with van der Waals surface area (Å²) in [4.78, 5) is 11.7. The van der Waals surface area contributed by atoms with Crippen LogP contribution in [0.25, 0.3) is 6.08 Å². The van der Waals surface area contributed by atoms with Crippen LogP contribution in [-0.4, -0.2) is 30.0 Å². The number of fused-ring (bicyclic) bond motifs is 1. The van der Waals surface area contributed by atoms with Gasteiger partial charge in [-0.1, -0.05) is 0 Å². The average molecular weight is 302 g/mol. The summed E-state index contributed by atoms with van der Waals surface area (Å²) in [6, 6.07) is 2.54. The first-order chi connectivity index (χ1) is 9.74. The van der Waals surface area contributed by atoms with Gasteiger partial charge in [0.05, 0.1) is 12.2 Å².